The zero-order chi connectivity index (χ0) is 13.1. The van der Waals surface area contributed by atoms with E-state index in [9.17, 15) is 5.11 Å². The van der Waals surface area contributed by atoms with Gasteiger partial charge in [0.05, 0.1) is 6.10 Å². The quantitative estimate of drug-likeness (QED) is 0.894. The van der Waals surface area contributed by atoms with E-state index >= 15 is 0 Å². The lowest BCUT2D eigenvalue weighted by molar-refractivity contribution is 0.177. The van der Waals surface area contributed by atoms with Gasteiger partial charge >= 0.3 is 0 Å². The predicted octanol–water partition coefficient (Wildman–Crippen LogP) is 3.28. The maximum atomic E-state index is 10.3. The minimum atomic E-state index is -0.485. The van der Waals surface area contributed by atoms with Crippen molar-refractivity contribution in [2.75, 3.05) is 0 Å². The van der Waals surface area contributed by atoms with Crippen LogP contribution in [0.25, 0.3) is 0 Å². The van der Waals surface area contributed by atoms with Crippen LogP contribution in [0.15, 0.2) is 36.7 Å². The molecule has 1 aromatic carbocycles. The van der Waals surface area contributed by atoms with Gasteiger partial charge in [-0.1, -0.05) is 18.2 Å². The number of hydrogen-bond acceptors (Lipinski definition) is 2. The molecule has 2 nitrogen and oxygen atoms in total. The second-order valence-corrected chi connectivity index (χ2v) is 4.87. The minimum absolute atomic E-state index is 0.485. The normalized spacial score (nSPS) is 12.4. The Bertz CT molecular complexity index is 549. The van der Waals surface area contributed by atoms with Crippen molar-refractivity contribution >= 4 is 0 Å². The van der Waals surface area contributed by atoms with Crippen molar-refractivity contribution in [3.8, 4) is 0 Å². The fraction of sp³-hybridized carbons (Fsp3) is 0.312. The molecule has 18 heavy (non-hydrogen) atoms. The Kier molecular flexibility index (Phi) is 3.78. The van der Waals surface area contributed by atoms with Crippen molar-refractivity contribution < 1.29 is 5.11 Å². The lowest BCUT2D eigenvalue weighted by Crippen LogP contribution is -2.04. The largest absolute Gasteiger partial charge is 0.388 e. The molecule has 1 aromatic heterocycles. The molecule has 0 aliphatic carbocycles. The Balaban J connectivity index is 2.19. The molecular weight excluding hydrogens is 222 g/mol. The van der Waals surface area contributed by atoms with Crippen LogP contribution in [0.2, 0.25) is 0 Å². The summed E-state index contributed by atoms with van der Waals surface area (Å²) in [6.07, 6.45) is 3.65. The monoisotopic (exact) mass is 241 g/mol. The molecule has 0 aliphatic heterocycles. The second-order valence-electron chi connectivity index (χ2n) is 4.87. The highest BCUT2D eigenvalue weighted by Crippen LogP contribution is 2.21. The van der Waals surface area contributed by atoms with Crippen LogP contribution < -0.4 is 0 Å². The van der Waals surface area contributed by atoms with Gasteiger partial charge < -0.3 is 5.11 Å². The van der Waals surface area contributed by atoms with E-state index in [1.165, 1.54) is 11.1 Å². The summed E-state index contributed by atoms with van der Waals surface area (Å²) < 4.78 is 0. The highest BCUT2D eigenvalue weighted by Gasteiger charge is 2.11. The fourth-order valence-electron chi connectivity index (χ4n) is 2.09. The van der Waals surface area contributed by atoms with E-state index in [0.717, 1.165) is 16.7 Å². The number of aryl methyl sites for hydroxylation is 3. The number of aromatic nitrogens is 1. The van der Waals surface area contributed by atoms with Crippen molar-refractivity contribution in [1.29, 1.82) is 0 Å². The van der Waals surface area contributed by atoms with E-state index in [1.807, 2.05) is 13.0 Å². The molecule has 2 heteroatoms. The molecule has 1 heterocycles. The number of hydrogen-bond donors (Lipinski definition) is 1. The second kappa shape index (κ2) is 5.32. The van der Waals surface area contributed by atoms with E-state index in [1.54, 1.807) is 12.4 Å². The van der Waals surface area contributed by atoms with E-state index < -0.39 is 6.10 Å². The summed E-state index contributed by atoms with van der Waals surface area (Å²) >= 11 is 0. The van der Waals surface area contributed by atoms with Gasteiger partial charge in [-0.3, -0.25) is 4.98 Å². The highest BCUT2D eigenvalue weighted by atomic mass is 16.3. The average Bonchev–Trinajstić information content (AvgIpc) is 2.34. The van der Waals surface area contributed by atoms with Crippen LogP contribution in [-0.4, -0.2) is 10.1 Å². The lowest BCUT2D eigenvalue weighted by Gasteiger charge is -2.14. The number of pyridine rings is 1. The molecule has 0 amide bonds. The van der Waals surface area contributed by atoms with E-state index in [-0.39, 0.29) is 0 Å². The maximum absolute atomic E-state index is 10.3. The molecular formula is C16H19NO. The van der Waals surface area contributed by atoms with Gasteiger partial charge in [-0.2, -0.15) is 0 Å². The smallest absolute Gasteiger partial charge is 0.0847 e. The number of aliphatic hydroxyl groups is 1. The van der Waals surface area contributed by atoms with Gasteiger partial charge in [-0.25, -0.2) is 0 Å². The van der Waals surface area contributed by atoms with E-state index in [4.69, 9.17) is 0 Å². The third-order valence-corrected chi connectivity index (χ3v) is 3.44. The first-order valence-corrected chi connectivity index (χ1v) is 6.22. The Hall–Kier alpha value is -1.67. The van der Waals surface area contributed by atoms with Crippen molar-refractivity contribution in [1.82, 2.24) is 4.98 Å². The van der Waals surface area contributed by atoms with Gasteiger partial charge in [0, 0.05) is 24.4 Å². The third kappa shape index (κ3) is 2.77. The van der Waals surface area contributed by atoms with Crippen molar-refractivity contribution in [2.24, 2.45) is 0 Å². The number of rotatable bonds is 3. The molecule has 0 saturated heterocycles. The van der Waals surface area contributed by atoms with Crippen molar-refractivity contribution in [3.63, 3.8) is 0 Å². The Morgan fingerprint density at radius 1 is 1.06 bits per heavy atom. The first-order valence-electron chi connectivity index (χ1n) is 6.22. The van der Waals surface area contributed by atoms with Gasteiger partial charge in [0.1, 0.15) is 0 Å². The van der Waals surface area contributed by atoms with Gasteiger partial charge in [0.15, 0.2) is 0 Å². The first-order chi connectivity index (χ1) is 8.58. The standard InChI is InChI=1S/C16H19NO/c1-11-4-5-14(8-13(11)3)9-16(18)15-10-17-7-6-12(15)2/h4-8,10,16,18H,9H2,1-3H3. The molecule has 0 aliphatic rings. The highest BCUT2D eigenvalue weighted by molar-refractivity contribution is 5.32. The average molecular weight is 241 g/mol. The van der Waals surface area contributed by atoms with Crippen LogP contribution in [0.5, 0.6) is 0 Å². The van der Waals surface area contributed by atoms with Crippen LogP contribution >= 0.6 is 0 Å². The van der Waals surface area contributed by atoms with Crippen LogP contribution in [0.1, 0.15) is 33.9 Å². The molecule has 1 N–H and O–H groups in total. The van der Waals surface area contributed by atoms with Crippen molar-refractivity contribution in [2.45, 2.75) is 33.3 Å². The predicted molar refractivity (Wildman–Crippen MR) is 73.6 cm³/mol. The summed E-state index contributed by atoms with van der Waals surface area (Å²) in [5.74, 6) is 0. The molecule has 2 aromatic rings. The maximum Gasteiger partial charge on any atom is 0.0847 e. The van der Waals surface area contributed by atoms with Gasteiger partial charge in [0.2, 0.25) is 0 Å². The molecule has 1 atom stereocenters. The minimum Gasteiger partial charge on any atom is -0.388 e. The zero-order valence-corrected chi connectivity index (χ0v) is 11.1. The first kappa shape index (κ1) is 12.8. The summed E-state index contributed by atoms with van der Waals surface area (Å²) in [7, 11) is 0. The molecule has 94 valence electrons. The van der Waals surface area contributed by atoms with Crippen molar-refractivity contribution in [3.05, 3.63) is 64.5 Å². The molecule has 1 unspecified atom stereocenters. The van der Waals surface area contributed by atoms with E-state index in [0.29, 0.717) is 6.42 Å². The lowest BCUT2D eigenvalue weighted by atomic mass is 9.97. The molecule has 0 spiro atoms. The number of benzene rings is 1. The Morgan fingerprint density at radius 2 is 1.83 bits per heavy atom. The van der Waals surface area contributed by atoms with Crippen LogP contribution in [0.4, 0.5) is 0 Å². The zero-order valence-electron chi connectivity index (χ0n) is 11.1. The Morgan fingerprint density at radius 3 is 2.50 bits per heavy atom. The summed E-state index contributed by atoms with van der Waals surface area (Å²) in [6, 6.07) is 8.26. The summed E-state index contributed by atoms with van der Waals surface area (Å²) in [5.41, 5.74) is 5.71. The molecule has 0 fully saturated rings. The molecule has 0 radical (unpaired) electrons. The number of aliphatic hydroxyl groups excluding tert-OH is 1. The van der Waals surface area contributed by atoms with E-state index in [2.05, 4.69) is 37.0 Å². The Labute approximate surface area is 108 Å². The SMILES string of the molecule is Cc1ccc(CC(O)c2cnccc2C)cc1C. The third-order valence-electron chi connectivity index (χ3n) is 3.44. The number of nitrogens with zero attached hydrogens (tertiary/aromatic N) is 1. The summed E-state index contributed by atoms with van der Waals surface area (Å²) in [5, 5.41) is 10.3. The summed E-state index contributed by atoms with van der Waals surface area (Å²) in [4.78, 5) is 4.08. The molecule has 0 saturated carbocycles. The molecule has 0 bridgehead atoms. The van der Waals surface area contributed by atoms with Gasteiger partial charge in [0.25, 0.3) is 0 Å². The van der Waals surface area contributed by atoms with Crippen LogP contribution in [0.3, 0.4) is 0 Å². The fourth-order valence-corrected chi connectivity index (χ4v) is 2.09. The topological polar surface area (TPSA) is 33.1 Å². The van der Waals surface area contributed by atoms with Gasteiger partial charge in [-0.05, 0) is 49.1 Å². The van der Waals surface area contributed by atoms with Gasteiger partial charge in [-0.15, -0.1) is 0 Å². The van der Waals surface area contributed by atoms with Crippen LogP contribution in [0, 0.1) is 20.8 Å². The summed E-state index contributed by atoms with van der Waals surface area (Å²) in [6.45, 7) is 6.20. The van der Waals surface area contributed by atoms with Crippen LogP contribution in [-0.2, 0) is 6.42 Å². The molecule has 2 rings (SSSR count).